The highest BCUT2D eigenvalue weighted by molar-refractivity contribution is 5.90. The van der Waals surface area contributed by atoms with Gasteiger partial charge in [-0.3, -0.25) is 14.5 Å². The van der Waals surface area contributed by atoms with Crippen molar-refractivity contribution in [3.8, 4) is 11.3 Å². The Kier molecular flexibility index (Phi) is 4.11. The van der Waals surface area contributed by atoms with Gasteiger partial charge in [-0.05, 0) is 37.6 Å². The lowest BCUT2D eigenvalue weighted by Crippen LogP contribution is -2.24. The molecule has 0 aliphatic heterocycles. The van der Waals surface area contributed by atoms with Crippen molar-refractivity contribution in [2.24, 2.45) is 7.05 Å². The summed E-state index contributed by atoms with van der Waals surface area (Å²) in [6.45, 7) is 4.09. The summed E-state index contributed by atoms with van der Waals surface area (Å²) in [5.41, 5.74) is 4.46. The third-order valence-corrected chi connectivity index (χ3v) is 4.19. The van der Waals surface area contributed by atoms with Gasteiger partial charge in [0.05, 0.1) is 5.69 Å². The smallest absolute Gasteiger partial charge is 0.291 e. The molecule has 0 atom stereocenters. The van der Waals surface area contributed by atoms with Gasteiger partial charge in [-0.2, -0.15) is 10.1 Å². The van der Waals surface area contributed by atoms with Gasteiger partial charge < -0.3 is 5.32 Å². The molecule has 0 fully saturated rings. The van der Waals surface area contributed by atoms with Crippen LogP contribution in [0.2, 0.25) is 0 Å². The van der Waals surface area contributed by atoms with Crippen LogP contribution in [0.4, 0.5) is 0 Å². The maximum Gasteiger partial charge on any atom is 0.291 e. The summed E-state index contributed by atoms with van der Waals surface area (Å²) in [6.07, 6.45) is 5.21. The van der Waals surface area contributed by atoms with E-state index in [2.05, 4.69) is 30.5 Å². The van der Waals surface area contributed by atoms with Gasteiger partial charge in [-0.1, -0.05) is 0 Å². The van der Waals surface area contributed by atoms with Gasteiger partial charge in [0.25, 0.3) is 11.7 Å². The SMILES string of the molecule is Cc1cc(C)n2nc(C(=O)NCc3cncc(-c4ccnn4C)c3)nc2n1. The van der Waals surface area contributed by atoms with Gasteiger partial charge >= 0.3 is 0 Å². The summed E-state index contributed by atoms with van der Waals surface area (Å²) in [7, 11) is 1.87. The van der Waals surface area contributed by atoms with Crippen LogP contribution in [0.5, 0.6) is 0 Å². The molecule has 4 aromatic rings. The van der Waals surface area contributed by atoms with E-state index in [0.717, 1.165) is 28.2 Å². The van der Waals surface area contributed by atoms with E-state index in [9.17, 15) is 4.79 Å². The lowest BCUT2D eigenvalue weighted by Gasteiger charge is -2.06. The molecule has 4 aromatic heterocycles. The van der Waals surface area contributed by atoms with E-state index in [1.165, 1.54) is 0 Å². The van der Waals surface area contributed by atoms with Gasteiger partial charge in [0, 0.05) is 49.1 Å². The average Bonchev–Trinajstić information content (AvgIpc) is 3.26. The lowest BCUT2D eigenvalue weighted by molar-refractivity contribution is 0.0940. The zero-order chi connectivity index (χ0) is 19.0. The second-order valence-electron chi connectivity index (χ2n) is 6.29. The van der Waals surface area contributed by atoms with Crippen LogP contribution in [0.3, 0.4) is 0 Å². The minimum atomic E-state index is -0.358. The topological polar surface area (TPSA) is 103 Å². The van der Waals surface area contributed by atoms with Gasteiger partial charge in [-0.25, -0.2) is 9.50 Å². The highest BCUT2D eigenvalue weighted by Gasteiger charge is 2.15. The van der Waals surface area contributed by atoms with Crippen molar-refractivity contribution >= 4 is 11.7 Å². The van der Waals surface area contributed by atoms with Crippen LogP contribution >= 0.6 is 0 Å². The molecule has 0 aromatic carbocycles. The number of rotatable bonds is 4. The normalized spacial score (nSPS) is 11.1. The van der Waals surface area contributed by atoms with E-state index in [-0.39, 0.29) is 11.7 Å². The molecule has 0 aliphatic carbocycles. The number of aryl methyl sites for hydroxylation is 3. The highest BCUT2D eigenvalue weighted by atomic mass is 16.2. The minimum Gasteiger partial charge on any atom is -0.345 e. The first kappa shape index (κ1) is 16.8. The molecule has 0 spiro atoms. The monoisotopic (exact) mass is 362 g/mol. The van der Waals surface area contributed by atoms with Crippen molar-refractivity contribution in [3.05, 3.63) is 59.6 Å². The summed E-state index contributed by atoms with van der Waals surface area (Å²) in [5.74, 6) is 0.146. The fourth-order valence-corrected chi connectivity index (χ4v) is 2.91. The van der Waals surface area contributed by atoms with E-state index in [0.29, 0.717) is 12.3 Å². The summed E-state index contributed by atoms with van der Waals surface area (Å²) < 4.78 is 3.34. The molecule has 0 saturated heterocycles. The van der Waals surface area contributed by atoms with Crippen molar-refractivity contribution in [2.45, 2.75) is 20.4 Å². The van der Waals surface area contributed by atoms with E-state index < -0.39 is 0 Å². The molecule has 136 valence electrons. The minimum absolute atomic E-state index is 0.0898. The Labute approximate surface area is 155 Å². The first-order valence-electron chi connectivity index (χ1n) is 8.43. The number of carbonyl (C=O) groups excluding carboxylic acids is 1. The number of nitrogens with zero attached hydrogens (tertiary/aromatic N) is 7. The number of nitrogens with one attached hydrogen (secondary N) is 1. The third kappa shape index (κ3) is 3.26. The Hall–Kier alpha value is -3.62. The summed E-state index contributed by atoms with van der Waals surface area (Å²) >= 11 is 0. The van der Waals surface area contributed by atoms with Gasteiger partial charge in [0.2, 0.25) is 5.82 Å². The summed E-state index contributed by atoms with van der Waals surface area (Å²) in [5, 5.41) is 11.2. The van der Waals surface area contributed by atoms with Crippen LogP contribution in [0.25, 0.3) is 17.0 Å². The molecule has 0 aliphatic rings. The van der Waals surface area contributed by atoms with Crippen molar-refractivity contribution < 1.29 is 4.79 Å². The van der Waals surface area contributed by atoms with Crippen LogP contribution in [-0.4, -0.2) is 40.3 Å². The molecule has 0 radical (unpaired) electrons. The lowest BCUT2D eigenvalue weighted by atomic mass is 10.1. The molecule has 1 N–H and O–H groups in total. The number of carbonyl (C=O) groups is 1. The molecule has 27 heavy (non-hydrogen) atoms. The Morgan fingerprint density at radius 1 is 1.19 bits per heavy atom. The average molecular weight is 362 g/mol. The first-order chi connectivity index (χ1) is 13.0. The summed E-state index contributed by atoms with van der Waals surface area (Å²) in [4.78, 5) is 25.2. The Balaban J connectivity index is 1.51. The molecular weight excluding hydrogens is 344 g/mol. The van der Waals surface area contributed by atoms with Crippen LogP contribution in [-0.2, 0) is 13.6 Å². The van der Waals surface area contributed by atoms with Gasteiger partial charge in [0.15, 0.2) is 0 Å². The predicted octanol–water partition coefficient (Wildman–Crippen LogP) is 1.47. The molecular formula is C18H18N8O. The molecule has 4 rings (SSSR count). The van der Waals surface area contributed by atoms with Crippen molar-refractivity contribution in [2.75, 3.05) is 0 Å². The molecule has 0 unspecified atom stereocenters. The number of aromatic nitrogens is 7. The standard InChI is InChI=1S/C18H18N8O/c1-11-6-12(2)26-18(22-11)23-16(24-26)17(27)20-9-13-7-14(10-19-8-13)15-4-5-21-25(15)3/h4-8,10H,9H2,1-3H3,(H,20,27). The molecule has 1 amide bonds. The second-order valence-corrected chi connectivity index (χ2v) is 6.29. The Morgan fingerprint density at radius 3 is 2.81 bits per heavy atom. The molecule has 9 nitrogen and oxygen atoms in total. The Morgan fingerprint density at radius 2 is 2.04 bits per heavy atom. The zero-order valence-electron chi connectivity index (χ0n) is 15.2. The number of pyridine rings is 1. The van der Waals surface area contributed by atoms with Crippen molar-refractivity contribution in [1.29, 1.82) is 0 Å². The maximum atomic E-state index is 12.4. The van der Waals surface area contributed by atoms with E-state index >= 15 is 0 Å². The van der Waals surface area contributed by atoms with Gasteiger partial charge in [-0.15, -0.1) is 5.10 Å². The number of amides is 1. The van der Waals surface area contributed by atoms with Crippen LogP contribution in [0.1, 0.15) is 27.6 Å². The van der Waals surface area contributed by atoms with E-state index in [1.54, 1.807) is 27.8 Å². The maximum absolute atomic E-state index is 12.4. The van der Waals surface area contributed by atoms with Crippen LogP contribution < -0.4 is 5.32 Å². The molecule has 4 heterocycles. The fraction of sp³-hybridized carbons (Fsp3) is 0.222. The second kappa shape index (κ2) is 6.60. The molecule has 9 heteroatoms. The zero-order valence-corrected chi connectivity index (χ0v) is 15.2. The third-order valence-electron chi connectivity index (χ3n) is 4.19. The number of hydrogen-bond acceptors (Lipinski definition) is 6. The molecule has 0 bridgehead atoms. The Bertz CT molecular complexity index is 1140. The van der Waals surface area contributed by atoms with Crippen LogP contribution in [0.15, 0.2) is 36.8 Å². The van der Waals surface area contributed by atoms with Gasteiger partial charge in [0.1, 0.15) is 0 Å². The summed E-state index contributed by atoms with van der Waals surface area (Å²) in [6, 6.07) is 5.77. The first-order valence-corrected chi connectivity index (χ1v) is 8.43. The van der Waals surface area contributed by atoms with Crippen molar-refractivity contribution in [1.82, 2.24) is 39.7 Å². The van der Waals surface area contributed by atoms with Crippen LogP contribution in [0, 0.1) is 13.8 Å². The predicted molar refractivity (Wildman–Crippen MR) is 97.9 cm³/mol. The quantitative estimate of drug-likeness (QED) is 0.590. The highest BCUT2D eigenvalue weighted by Crippen LogP contribution is 2.18. The number of hydrogen-bond donors (Lipinski definition) is 1. The fourth-order valence-electron chi connectivity index (χ4n) is 2.91. The molecule has 0 saturated carbocycles. The largest absolute Gasteiger partial charge is 0.345 e. The van der Waals surface area contributed by atoms with Crippen molar-refractivity contribution in [3.63, 3.8) is 0 Å². The van der Waals surface area contributed by atoms with E-state index in [1.807, 2.05) is 39.1 Å². The number of fused-ring (bicyclic) bond motifs is 1. The van der Waals surface area contributed by atoms with E-state index in [4.69, 9.17) is 0 Å².